The number of amides is 1. The number of nitriles is 1. The van der Waals surface area contributed by atoms with Crippen molar-refractivity contribution in [1.82, 2.24) is 4.90 Å². The number of hydrogen-bond donors (Lipinski definition) is 1. The van der Waals surface area contributed by atoms with Gasteiger partial charge in [0.15, 0.2) is 12.5 Å². The normalized spacial score (nSPS) is 14.2. The van der Waals surface area contributed by atoms with Crippen molar-refractivity contribution in [1.29, 1.82) is 5.26 Å². The van der Waals surface area contributed by atoms with Crippen LogP contribution < -0.4 is 13.8 Å². The van der Waals surface area contributed by atoms with Gasteiger partial charge in [-0.1, -0.05) is 23.8 Å². The van der Waals surface area contributed by atoms with Gasteiger partial charge >= 0.3 is 12.1 Å². The van der Waals surface area contributed by atoms with E-state index in [0.717, 1.165) is 4.31 Å². The SMILES string of the molecule is COCOc1ccc(C#N)cc1C=CCN(c1ccc(OC2CCN(C(=O)OC(C)(C)C)CC2)c(Cl)c1)S(=O)(=O)CC(=O)O. The first-order valence-corrected chi connectivity index (χ1v) is 15.7. The van der Waals surface area contributed by atoms with Crippen LogP contribution in [0.2, 0.25) is 5.02 Å². The first-order chi connectivity index (χ1) is 20.7. The van der Waals surface area contributed by atoms with Crippen LogP contribution in [0.4, 0.5) is 10.5 Å². The number of piperidine rings is 1. The number of carboxylic acid groups (broad SMARTS) is 1. The van der Waals surface area contributed by atoms with E-state index >= 15 is 0 Å². The Labute approximate surface area is 262 Å². The van der Waals surface area contributed by atoms with Crippen LogP contribution in [-0.4, -0.2) is 81.5 Å². The van der Waals surface area contributed by atoms with Crippen molar-refractivity contribution in [3.05, 3.63) is 58.6 Å². The van der Waals surface area contributed by atoms with E-state index in [2.05, 4.69) is 0 Å². The number of rotatable bonds is 12. The molecule has 3 rings (SSSR count). The van der Waals surface area contributed by atoms with E-state index in [-0.39, 0.29) is 36.2 Å². The number of ether oxygens (including phenoxy) is 4. The minimum Gasteiger partial charge on any atom is -0.489 e. The third-order valence-corrected chi connectivity index (χ3v) is 8.21. The second-order valence-corrected chi connectivity index (χ2v) is 13.2. The van der Waals surface area contributed by atoms with Crippen molar-refractivity contribution >= 4 is 45.5 Å². The maximum atomic E-state index is 13.1. The first-order valence-electron chi connectivity index (χ1n) is 13.7. The summed E-state index contributed by atoms with van der Waals surface area (Å²) in [5.74, 6) is -1.92. The number of halogens is 1. The zero-order valence-electron chi connectivity index (χ0n) is 25.0. The van der Waals surface area contributed by atoms with Crippen LogP contribution in [0.25, 0.3) is 6.08 Å². The summed E-state index contributed by atoms with van der Waals surface area (Å²) in [6, 6.07) is 11.2. The Morgan fingerprint density at radius 1 is 1.16 bits per heavy atom. The Morgan fingerprint density at radius 3 is 2.43 bits per heavy atom. The minimum absolute atomic E-state index is 0.0401. The molecule has 1 fully saturated rings. The summed E-state index contributed by atoms with van der Waals surface area (Å²) < 4.78 is 49.1. The molecule has 2 aromatic carbocycles. The molecule has 0 atom stereocenters. The molecule has 1 saturated heterocycles. The number of sulfonamides is 1. The topological polar surface area (TPSA) is 156 Å². The van der Waals surface area contributed by atoms with Gasteiger partial charge in [0.05, 0.1) is 28.9 Å². The molecule has 1 N–H and O–H groups in total. The second-order valence-electron chi connectivity index (χ2n) is 10.9. The Hall–Kier alpha value is -3.99. The largest absolute Gasteiger partial charge is 0.489 e. The monoisotopic (exact) mass is 649 g/mol. The lowest BCUT2D eigenvalue weighted by Crippen LogP contribution is -2.44. The fourth-order valence-corrected chi connectivity index (χ4v) is 5.73. The predicted molar refractivity (Wildman–Crippen MR) is 164 cm³/mol. The highest BCUT2D eigenvalue weighted by Crippen LogP contribution is 2.33. The summed E-state index contributed by atoms with van der Waals surface area (Å²) in [4.78, 5) is 25.3. The number of benzene rings is 2. The number of methoxy groups -OCH3 is 1. The van der Waals surface area contributed by atoms with Gasteiger partial charge in [-0.2, -0.15) is 5.26 Å². The van der Waals surface area contributed by atoms with Crippen molar-refractivity contribution in [2.75, 3.05) is 43.6 Å². The molecule has 0 saturated carbocycles. The van der Waals surface area contributed by atoms with Gasteiger partial charge in [-0.15, -0.1) is 0 Å². The number of nitrogens with zero attached hydrogens (tertiary/aromatic N) is 3. The first kappa shape index (κ1) is 34.5. The van der Waals surface area contributed by atoms with Gasteiger partial charge in [-0.25, -0.2) is 13.2 Å². The lowest BCUT2D eigenvalue weighted by molar-refractivity contribution is -0.134. The van der Waals surface area contributed by atoms with Crippen LogP contribution in [-0.2, 0) is 24.3 Å². The lowest BCUT2D eigenvalue weighted by Gasteiger charge is -2.33. The van der Waals surface area contributed by atoms with E-state index in [9.17, 15) is 28.4 Å². The van der Waals surface area contributed by atoms with Crippen molar-refractivity contribution in [2.24, 2.45) is 0 Å². The Morgan fingerprint density at radius 2 is 1.84 bits per heavy atom. The number of carbonyl (C=O) groups is 2. The molecule has 0 radical (unpaired) electrons. The third-order valence-electron chi connectivity index (χ3n) is 6.27. The molecule has 0 unspecified atom stereocenters. The van der Waals surface area contributed by atoms with Gasteiger partial charge in [0.1, 0.15) is 23.2 Å². The average molecular weight is 650 g/mol. The van der Waals surface area contributed by atoms with Crippen LogP contribution in [0.15, 0.2) is 42.5 Å². The molecule has 2 aromatic rings. The highest BCUT2D eigenvalue weighted by atomic mass is 35.5. The average Bonchev–Trinajstić information content (AvgIpc) is 2.94. The Kier molecular flexibility index (Phi) is 11.9. The number of carbonyl (C=O) groups excluding carboxylic acids is 1. The molecule has 238 valence electrons. The van der Waals surface area contributed by atoms with E-state index < -0.39 is 27.3 Å². The molecular formula is C30H36ClN3O9S. The van der Waals surface area contributed by atoms with Gasteiger partial charge in [0.2, 0.25) is 10.0 Å². The van der Waals surface area contributed by atoms with E-state index in [1.165, 1.54) is 31.4 Å². The van der Waals surface area contributed by atoms with E-state index in [1.54, 1.807) is 49.9 Å². The minimum atomic E-state index is -4.32. The maximum absolute atomic E-state index is 13.1. The molecule has 1 amide bonds. The molecule has 44 heavy (non-hydrogen) atoms. The molecule has 1 heterocycles. The molecular weight excluding hydrogens is 614 g/mol. The van der Waals surface area contributed by atoms with Crippen LogP contribution >= 0.6 is 11.6 Å². The van der Waals surface area contributed by atoms with Gasteiger partial charge in [-0.3, -0.25) is 9.10 Å². The van der Waals surface area contributed by atoms with Crippen molar-refractivity contribution < 1.29 is 42.1 Å². The summed E-state index contributed by atoms with van der Waals surface area (Å²) in [7, 11) is -2.86. The zero-order valence-corrected chi connectivity index (χ0v) is 26.6. The van der Waals surface area contributed by atoms with Crippen LogP contribution in [0.3, 0.4) is 0 Å². The van der Waals surface area contributed by atoms with Gasteiger partial charge in [-0.05, 0) is 57.2 Å². The number of aliphatic carboxylic acids is 1. The molecule has 0 aliphatic carbocycles. The highest BCUT2D eigenvalue weighted by molar-refractivity contribution is 7.93. The van der Waals surface area contributed by atoms with E-state index in [1.807, 2.05) is 6.07 Å². The highest BCUT2D eigenvalue weighted by Gasteiger charge is 2.29. The zero-order chi connectivity index (χ0) is 32.5. The molecule has 1 aliphatic heterocycles. The summed E-state index contributed by atoms with van der Waals surface area (Å²) >= 11 is 6.51. The van der Waals surface area contributed by atoms with Crippen molar-refractivity contribution in [3.8, 4) is 17.6 Å². The molecule has 1 aliphatic rings. The molecule has 0 spiro atoms. The van der Waals surface area contributed by atoms with E-state index in [4.69, 9.17) is 30.5 Å². The maximum Gasteiger partial charge on any atom is 0.410 e. The smallest absolute Gasteiger partial charge is 0.410 e. The summed E-state index contributed by atoms with van der Waals surface area (Å²) in [5.41, 5.74) is 0.402. The number of hydrogen-bond acceptors (Lipinski definition) is 9. The summed E-state index contributed by atoms with van der Waals surface area (Å²) in [5, 5.41) is 18.7. The Bertz CT molecular complexity index is 1510. The van der Waals surface area contributed by atoms with Crippen molar-refractivity contribution in [3.63, 3.8) is 0 Å². The second kappa shape index (κ2) is 15.1. The van der Waals surface area contributed by atoms with Gasteiger partial charge in [0, 0.05) is 38.6 Å². The number of anilines is 1. The lowest BCUT2D eigenvalue weighted by atomic mass is 10.1. The molecule has 0 bridgehead atoms. The van der Waals surface area contributed by atoms with Gasteiger partial charge < -0.3 is 29.0 Å². The van der Waals surface area contributed by atoms with E-state index in [0.29, 0.717) is 48.6 Å². The Balaban J connectivity index is 1.78. The molecule has 12 nitrogen and oxygen atoms in total. The third kappa shape index (κ3) is 10.0. The molecule has 14 heteroatoms. The fraction of sp³-hybridized carbons (Fsp3) is 0.433. The standard InChI is InChI=1S/C30H36ClN3O9S/c1-30(2,3)43-29(37)33-14-11-24(12-15-33)42-27-10-8-23(17-25(27)31)34(44(38,39)19-28(35)36)13-5-6-22-16-21(18-32)7-9-26(22)41-20-40-4/h5-10,16-17,24H,11-15,19-20H2,1-4H3,(H,35,36). The van der Waals surface area contributed by atoms with Crippen LogP contribution in [0, 0.1) is 11.3 Å². The van der Waals surface area contributed by atoms with Crippen molar-refractivity contribution in [2.45, 2.75) is 45.3 Å². The van der Waals surface area contributed by atoms with Crippen LogP contribution in [0.1, 0.15) is 44.7 Å². The predicted octanol–water partition coefficient (Wildman–Crippen LogP) is 4.91. The van der Waals surface area contributed by atoms with Crippen LogP contribution in [0.5, 0.6) is 11.5 Å². The molecule has 0 aromatic heterocycles. The quantitative estimate of drug-likeness (QED) is 0.314. The number of carboxylic acids is 1. The summed E-state index contributed by atoms with van der Waals surface area (Å²) in [6.45, 7) is 6.02. The van der Waals surface area contributed by atoms with Gasteiger partial charge in [0.25, 0.3) is 0 Å². The number of likely N-dealkylation sites (tertiary alicyclic amines) is 1. The summed E-state index contributed by atoms with van der Waals surface area (Å²) in [6.07, 6.45) is 3.55. The fourth-order valence-electron chi connectivity index (χ4n) is 4.29.